The standard InChI is InChI=1S/C17H23N5O2/c1-20(14-10-12-5-6-13(11-14)18-12)16(23)7-9-22-17(24)21-8-3-2-4-15(21)19-22/h2-4,8,12-14,18H,5-7,9-11H2,1H3. The minimum Gasteiger partial charge on any atom is -0.343 e. The van der Waals surface area contributed by atoms with Crippen molar-refractivity contribution in [2.75, 3.05) is 7.05 Å². The van der Waals surface area contributed by atoms with E-state index in [1.54, 1.807) is 18.3 Å². The Morgan fingerprint density at radius 1 is 1.33 bits per heavy atom. The van der Waals surface area contributed by atoms with Crippen LogP contribution in [0.4, 0.5) is 0 Å². The van der Waals surface area contributed by atoms with Gasteiger partial charge in [-0.05, 0) is 37.8 Å². The smallest absolute Gasteiger partial charge is 0.343 e. The van der Waals surface area contributed by atoms with Gasteiger partial charge in [0.25, 0.3) is 0 Å². The van der Waals surface area contributed by atoms with Gasteiger partial charge in [-0.3, -0.25) is 9.20 Å². The zero-order valence-corrected chi connectivity index (χ0v) is 13.9. The number of amides is 1. The highest BCUT2D eigenvalue weighted by Crippen LogP contribution is 2.29. The number of nitrogens with one attached hydrogen (secondary N) is 1. The Morgan fingerprint density at radius 3 is 2.79 bits per heavy atom. The molecule has 0 radical (unpaired) electrons. The second kappa shape index (κ2) is 6.05. The van der Waals surface area contributed by atoms with Gasteiger partial charge >= 0.3 is 5.69 Å². The second-order valence-corrected chi connectivity index (χ2v) is 6.95. The summed E-state index contributed by atoms with van der Waals surface area (Å²) in [5, 5.41) is 7.87. The Morgan fingerprint density at radius 2 is 2.08 bits per heavy atom. The molecule has 2 saturated heterocycles. The number of rotatable bonds is 4. The first-order chi connectivity index (χ1) is 11.6. The predicted molar refractivity (Wildman–Crippen MR) is 89.8 cm³/mol. The number of carbonyl (C=O) groups is 1. The molecule has 0 aliphatic carbocycles. The molecular weight excluding hydrogens is 306 g/mol. The van der Waals surface area contributed by atoms with Crippen molar-refractivity contribution >= 4 is 11.6 Å². The Kier molecular flexibility index (Phi) is 3.88. The Balaban J connectivity index is 1.40. The largest absolute Gasteiger partial charge is 0.350 e. The summed E-state index contributed by atoms with van der Waals surface area (Å²) >= 11 is 0. The fourth-order valence-corrected chi connectivity index (χ4v) is 4.04. The van der Waals surface area contributed by atoms with Crippen LogP contribution in [0.2, 0.25) is 0 Å². The monoisotopic (exact) mass is 329 g/mol. The number of hydrogen-bond donors (Lipinski definition) is 1. The molecule has 7 nitrogen and oxygen atoms in total. The molecule has 1 amide bonds. The van der Waals surface area contributed by atoms with E-state index in [0.717, 1.165) is 12.8 Å². The molecule has 1 N–H and O–H groups in total. The fraction of sp³-hybridized carbons (Fsp3) is 0.588. The minimum absolute atomic E-state index is 0.0882. The van der Waals surface area contributed by atoms with E-state index in [2.05, 4.69) is 10.4 Å². The summed E-state index contributed by atoms with van der Waals surface area (Å²) < 4.78 is 2.88. The van der Waals surface area contributed by atoms with Crippen molar-refractivity contribution < 1.29 is 4.79 Å². The molecule has 2 fully saturated rings. The van der Waals surface area contributed by atoms with Crippen LogP contribution >= 0.6 is 0 Å². The summed E-state index contributed by atoms with van der Waals surface area (Å²) in [5.41, 5.74) is 0.416. The van der Waals surface area contributed by atoms with E-state index in [4.69, 9.17) is 0 Å². The zero-order chi connectivity index (χ0) is 16.7. The first-order valence-corrected chi connectivity index (χ1v) is 8.68. The van der Waals surface area contributed by atoms with Gasteiger partial charge in [0.05, 0.1) is 6.54 Å². The lowest BCUT2D eigenvalue weighted by atomic mass is 9.98. The average molecular weight is 329 g/mol. The average Bonchev–Trinajstić information content (AvgIpc) is 3.11. The SMILES string of the molecule is CN(C(=O)CCn1nc2ccccn2c1=O)C1CC2CCC(C1)N2. The van der Waals surface area contributed by atoms with Gasteiger partial charge < -0.3 is 10.2 Å². The molecular formula is C17H23N5O2. The normalized spacial score (nSPS) is 26.0. The third kappa shape index (κ3) is 2.73. The van der Waals surface area contributed by atoms with E-state index in [9.17, 15) is 9.59 Å². The van der Waals surface area contributed by atoms with Crippen molar-refractivity contribution in [1.82, 2.24) is 24.4 Å². The molecule has 24 heavy (non-hydrogen) atoms. The lowest BCUT2D eigenvalue weighted by Gasteiger charge is -2.35. The number of fused-ring (bicyclic) bond motifs is 3. The van der Waals surface area contributed by atoms with Crippen molar-refractivity contribution in [3.05, 3.63) is 34.9 Å². The first kappa shape index (κ1) is 15.4. The molecule has 0 saturated carbocycles. The predicted octanol–water partition coefficient (Wildman–Crippen LogP) is 0.627. The summed E-state index contributed by atoms with van der Waals surface area (Å²) in [4.78, 5) is 26.7. The summed E-state index contributed by atoms with van der Waals surface area (Å²) in [6.45, 7) is 0.321. The van der Waals surface area contributed by atoms with Gasteiger partial charge in [-0.25, -0.2) is 9.48 Å². The Labute approximate surface area is 140 Å². The van der Waals surface area contributed by atoms with E-state index >= 15 is 0 Å². The summed E-state index contributed by atoms with van der Waals surface area (Å²) in [7, 11) is 1.89. The number of hydrogen-bond acceptors (Lipinski definition) is 4. The van der Waals surface area contributed by atoms with Crippen LogP contribution in [-0.4, -0.2) is 50.2 Å². The van der Waals surface area contributed by atoms with E-state index in [1.807, 2.05) is 18.0 Å². The topological polar surface area (TPSA) is 71.6 Å². The molecule has 2 bridgehead atoms. The fourth-order valence-electron chi connectivity index (χ4n) is 4.04. The van der Waals surface area contributed by atoms with Crippen molar-refractivity contribution in [2.45, 2.75) is 56.8 Å². The molecule has 2 atom stereocenters. The maximum absolute atomic E-state index is 12.5. The van der Waals surface area contributed by atoms with Gasteiger partial charge in [0.2, 0.25) is 5.91 Å². The molecule has 2 aromatic heterocycles. The molecule has 2 aliphatic rings. The summed E-state index contributed by atoms with van der Waals surface area (Å²) in [6.07, 6.45) is 6.51. The highest BCUT2D eigenvalue weighted by molar-refractivity contribution is 5.76. The van der Waals surface area contributed by atoms with Gasteiger partial charge in [0.15, 0.2) is 5.65 Å². The summed E-state index contributed by atoms with van der Waals surface area (Å²) in [5.74, 6) is 0.0882. The molecule has 4 rings (SSSR count). The van der Waals surface area contributed by atoms with Crippen LogP contribution in [0, 0.1) is 0 Å². The molecule has 4 heterocycles. The number of carbonyl (C=O) groups excluding carboxylic acids is 1. The Hall–Kier alpha value is -2.15. The molecule has 2 aliphatic heterocycles. The second-order valence-electron chi connectivity index (χ2n) is 6.95. The Bertz CT molecular complexity index is 799. The van der Waals surface area contributed by atoms with E-state index in [0.29, 0.717) is 36.7 Å². The quantitative estimate of drug-likeness (QED) is 0.893. The van der Waals surface area contributed by atoms with Crippen molar-refractivity contribution in [3.8, 4) is 0 Å². The van der Waals surface area contributed by atoms with Gasteiger partial charge in [-0.1, -0.05) is 6.07 Å². The highest BCUT2D eigenvalue weighted by atomic mass is 16.2. The molecule has 0 aromatic carbocycles. The number of aromatic nitrogens is 3. The summed E-state index contributed by atoms with van der Waals surface area (Å²) in [6, 6.07) is 6.86. The van der Waals surface area contributed by atoms with Crippen molar-refractivity contribution in [2.24, 2.45) is 0 Å². The van der Waals surface area contributed by atoms with Crippen molar-refractivity contribution in [3.63, 3.8) is 0 Å². The van der Waals surface area contributed by atoms with E-state index < -0.39 is 0 Å². The van der Waals surface area contributed by atoms with Crippen LogP contribution in [0.5, 0.6) is 0 Å². The van der Waals surface area contributed by atoms with Crippen LogP contribution in [0.1, 0.15) is 32.1 Å². The minimum atomic E-state index is -0.194. The number of pyridine rings is 1. The van der Waals surface area contributed by atoms with Gasteiger partial charge in [0, 0.05) is 37.8 Å². The third-order valence-electron chi connectivity index (χ3n) is 5.42. The number of nitrogens with zero attached hydrogens (tertiary/aromatic N) is 4. The number of aryl methyl sites for hydroxylation is 1. The van der Waals surface area contributed by atoms with Crippen LogP contribution in [0.15, 0.2) is 29.2 Å². The van der Waals surface area contributed by atoms with Gasteiger partial charge in [0.1, 0.15) is 0 Å². The van der Waals surface area contributed by atoms with Crippen molar-refractivity contribution in [1.29, 1.82) is 0 Å². The van der Waals surface area contributed by atoms with Gasteiger partial charge in [-0.2, -0.15) is 0 Å². The highest BCUT2D eigenvalue weighted by Gasteiger charge is 2.36. The number of piperidine rings is 1. The maximum atomic E-state index is 12.5. The molecule has 2 aromatic rings. The molecule has 2 unspecified atom stereocenters. The lowest BCUT2D eigenvalue weighted by molar-refractivity contribution is -0.133. The van der Waals surface area contributed by atoms with Crippen LogP contribution < -0.4 is 11.0 Å². The molecule has 128 valence electrons. The van der Waals surface area contributed by atoms with Crippen LogP contribution in [0.25, 0.3) is 5.65 Å². The zero-order valence-electron chi connectivity index (χ0n) is 13.9. The van der Waals surface area contributed by atoms with E-state index in [1.165, 1.54) is 21.9 Å². The third-order valence-corrected chi connectivity index (χ3v) is 5.42. The lowest BCUT2D eigenvalue weighted by Crippen LogP contribution is -2.48. The first-order valence-electron chi connectivity index (χ1n) is 8.68. The van der Waals surface area contributed by atoms with Gasteiger partial charge in [-0.15, -0.1) is 5.10 Å². The molecule has 0 spiro atoms. The van der Waals surface area contributed by atoms with Crippen LogP contribution in [-0.2, 0) is 11.3 Å². The maximum Gasteiger partial charge on any atom is 0.350 e. The van der Waals surface area contributed by atoms with E-state index in [-0.39, 0.29) is 11.6 Å². The molecule has 7 heteroatoms. The van der Waals surface area contributed by atoms with Crippen LogP contribution in [0.3, 0.4) is 0 Å².